The Morgan fingerprint density at radius 1 is 1.17 bits per heavy atom. The van der Waals surface area contributed by atoms with E-state index in [-0.39, 0.29) is 19.0 Å². The average Bonchev–Trinajstić information content (AvgIpc) is 2.94. The summed E-state index contributed by atoms with van der Waals surface area (Å²) in [6.07, 6.45) is -4.36. The molecule has 2 heterocycles. The topological polar surface area (TPSA) is 87.4 Å². The largest absolute Gasteiger partial charge is 0.483 e. The van der Waals surface area contributed by atoms with E-state index in [1.165, 1.54) is 4.57 Å². The van der Waals surface area contributed by atoms with Crippen molar-refractivity contribution in [3.8, 4) is 11.4 Å². The lowest BCUT2D eigenvalue weighted by Gasteiger charge is -2.16. The minimum absolute atomic E-state index is 0.0498. The number of hydrogen-bond donors (Lipinski definition) is 1. The van der Waals surface area contributed by atoms with Crippen LogP contribution in [0, 0.1) is 17.5 Å². The summed E-state index contributed by atoms with van der Waals surface area (Å²) >= 11 is 5.73. The molecule has 1 aliphatic heterocycles. The third-order valence-electron chi connectivity index (χ3n) is 5.00. The Balaban J connectivity index is 1.77. The molecule has 0 unspecified atom stereocenters. The molecule has 1 aliphatic rings. The lowest BCUT2D eigenvalue weighted by atomic mass is 10.1. The fourth-order valence-electron chi connectivity index (χ4n) is 3.42. The van der Waals surface area contributed by atoms with Crippen LogP contribution < -0.4 is 15.7 Å². The smallest absolute Gasteiger partial charge is 0.422 e. The minimum atomic E-state index is -4.84. The molecule has 0 fully saturated rings. The number of nitrogens with zero attached hydrogens (tertiary/aromatic N) is 3. The zero-order valence-corrected chi connectivity index (χ0v) is 18.7. The molecule has 36 heavy (non-hydrogen) atoms. The van der Waals surface area contributed by atoms with Gasteiger partial charge >= 0.3 is 11.9 Å². The Kier molecular flexibility index (Phi) is 7.00. The molecule has 1 aromatic heterocycles. The zero-order chi connectivity index (χ0) is 26.2. The molecular formula is C21H15ClF6N4O4. The molecule has 0 atom stereocenters. The molecule has 3 aromatic rings. The normalized spacial score (nSPS) is 13.8. The van der Waals surface area contributed by atoms with E-state index in [4.69, 9.17) is 21.1 Å². The van der Waals surface area contributed by atoms with Crippen molar-refractivity contribution in [3.05, 3.63) is 68.6 Å². The predicted octanol–water partition coefficient (Wildman–Crippen LogP) is 4.22. The number of nitrogens with one attached hydrogen (secondary N) is 1. The number of benzene rings is 2. The maximum Gasteiger partial charge on any atom is 0.422 e. The SMILES string of the molecule is O=C(Nc1c(F)cc(F)cc1Cl)c1cc(F)c(-n2nc3n(c2=O)CCCOC3)cc1OCC(F)(F)F. The van der Waals surface area contributed by atoms with Gasteiger partial charge in [-0.15, -0.1) is 5.10 Å². The predicted molar refractivity (Wildman–Crippen MR) is 113 cm³/mol. The van der Waals surface area contributed by atoms with Gasteiger partial charge in [-0.3, -0.25) is 9.36 Å². The fourth-order valence-corrected chi connectivity index (χ4v) is 3.66. The summed E-state index contributed by atoms with van der Waals surface area (Å²) in [6, 6.07) is 2.28. The van der Waals surface area contributed by atoms with Crippen molar-refractivity contribution in [2.45, 2.75) is 25.7 Å². The fraction of sp³-hybridized carbons (Fsp3) is 0.286. The zero-order valence-electron chi connectivity index (χ0n) is 18.0. The first-order valence-corrected chi connectivity index (χ1v) is 10.6. The van der Waals surface area contributed by atoms with Crippen molar-refractivity contribution >= 4 is 23.2 Å². The van der Waals surface area contributed by atoms with Gasteiger partial charge in [0.05, 0.1) is 16.3 Å². The molecule has 1 amide bonds. The van der Waals surface area contributed by atoms with Crippen LogP contribution in [0.5, 0.6) is 5.75 Å². The van der Waals surface area contributed by atoms with Crippen LogP contribution in [0.3, 0.4) is 0 Å². The number of amides is 1. The van der Waals surface area contributed by atoms with E-state index in [0.717, 1.165) is 0 Å². The number of halogens is 7. The third kappa shape index (κ3) is 5.33. The number of ether oxygens (including phenoxy) is 2. The van der Waals surface area contributed by atoms with Crippen LogP contribution in [-0.4, -0.2) is 39.6 Å². The van der Waals surface area contributed by atoms with Gasteiger partial charge in [-0.2, -0.15) is 17.9 Å². The van der Waals surface area contributed by atoms with Crippen molar-refractivity contribution in [1.29, 1.82) is 0 Å². The summed E-state index contributed by atoms with van der Waals surface area (Å²) in [7, 11) is 0. The lowest BCUT2D eigenvalue weighted by molar-refractivity contribution is -0.153. The summed E-state index contributed by atoms with van der Waals surface area (Å²) in [6.45, 7) is -1.33. The van der Waals surface area contributed by atoms with Crippen molar-refractivity contribution in [3.63, 3.8) is 0 Å². The van der Waals surface area contributed by atoms with Crippen molar-refractivity contribution in [1.82, 2.24) is 14.3 Å². The molecule has 0 radical (unpaired) electrons. The van der Waals surface area contributed by atoms with Crippen LogP contribution >= 0.6 is 11.6 Å². The Hall–Kier alpha value is -3.52. The van der Waals surface area contributed by atoms with Gasteiger partial charge in [0.25, 0.3) is 5.91 Å². The van der Waals surface area contributed by atoms with Crippen molar-refractivity contribution in [2.24, 2.45) is 0 Å². The summed E-state index contributed by atoms with van der Waals surface area (Å²) in [5.41, 5.74) is -2.85. The number of alkyl halides is 3. The Morgan fingerprint density at radius 2 is 1.92 bits per heavy atom. The van der Waals surface area contributed by atoms with Crippen LogP contribution in [-0.2, 0) is 17.9 Å². The Morgan fingerprint density at radius 3 is 2.61 bits per heavy atom. The summed E-state index contributed by atoms with van der Waals surface area (Å²) in [5, 5.41) is 5.39. The van der Waals surface area contributed by atoms with Gasteiger partial charge in [0.15, 0.2) is 18.2 Å². The van der Waals surface area contributed by atoms with Gasteiger partial charge in [0.2, 0.25) is 0 Å². The molecule has 1 N–H and O–H groups in total. The van der Waals surface area contributed by atoms with Crippen LogP contribution in [0.25, 0.3) is 5.69 Å². The van der Waals surface area contributed by atoms with E-state index < -0.39 is 69.5 Å². The first-order chi connectivity index (χ1) is 16.9. The minimum Gasteiger partial charge on any atom is -0.483 e. The number of carbonyl (C=O) groups is 1. The first kappa shape index (κ1) is 25.6. The molecule has 4 rings (SSSR count). The number of anilines is 1. The lowest BCUT2D eigenvalue weighted by Crippen LogP contribution is -2.26. The number of aromatic nitrogens is 3. The maximum atomic E-state index is 15.1. The van der Waals surface area contributed by atoms with Crippen molar-refractivity contribution < 1.29 is 40.6 Å². The molecule has 0 saturated heterocycles. The molecule has 0 saturated carbocycles. The van der Waals surface area contributed by atoms with Gasteiger partial charge < -0.3 is 14.8 Å². The molecule has 192 valence electrons. The second kappa shape index (κ2) is 9.85. The Bertz CT molecular complexity index is 1360. The molecule has 8 nitrogen and oxygen atoms in total. The van der Waals surface area contributed by atoms with E-state index in [1.807, 2.05) is 5.32 Å². The van der Waals surface area contributed by atoms with Crippen LogP contribution in [0.4, 0.5) is 32.0 Å². The highest BCUT2D eigenvalue weighted by Gasteiger charge is 2.31. The average molecular weight is 537 g/mol. The van der Waals surface area contributed by atoms with Gasteiger partial charge in [0.1, 0.15) is 29.7 Å². The van der Waals surface area contributed by atoms with Crippen LogP contribution in [0.2, 0.25) is 5.02 Å². The van der Waals surface area contributed by atoms with Gasteiger partial charge in [0, 0.05) is 25.3 Å². The summed E-state index contributed by atoms with van der Waals surface area (Å²) in [5.74, 6) is -5.48. The molecule has 2 aromatic carbocycles. The van der Waals surface area contributed by atoms with Crippen LogP contribution in [0.1, 0.15) is 22.6 Å². The summed E-state index contributed by atoms with van der Waals surface area (Å²) in [4.78, 5) is 25.5. The van der Waals surface area contributed by atoms with E-state index in [9.17, 15) is 31.5 Å². The van der Waals surface area contributed by atoms with Gasteiger partial charge in [-0.25, -0.2) is 18.0 Å². The van der Waals surface area contributed by atoms with Crippen molar-refractivity contribution in [2.75, 3.05) is 18.5 Å². The van der Waals surface area contributed by atoms with E-state index in [2.05, 4.69) is 5.10 Å². The highest BCUT2D eigenvalue weighted by molar-refractivity contribution is 6.34. The number of carbonyl (C=O) groups excluding carboxylic acids is 1. The highest BCUT2D eigenvalue weighted by atomic mass is 35.5. The van der Waals surface area contributed by atoms with E-state index in [0.29, 0.717) is 42.0 Å². The number of fused-ring (bicyclic) bond motifs is 1. The molecule has 0 bridgehead atoms. The molecule has 0 aliphatic carbocycles. The van der Waals surface area contributed by atoms with Gasteiger partial charge in [-0.1, -0.05) is 11.6 Å². The van der Waals surface area contributed by atoms with Crippen LogP contribution in [0.15, 0.2) is 29.1 Å². The van der Waals surface area contributed by atoms with Gasteiger partial charge in [-0.05, 0) is 18.6 Å². The molecule has 15 heteroatoms. The number of hydrogen-bond acceptors (Lipinski definition) is 5. The molecule has 0 spiro atoms. The first-order valence-electron chi connectivity index (χ1n) is 10.2. The maximum absolute atomic E-state index is 15.1. The van der Waals surface area contributed by atoms with E-state index >= 15 is 4.39 Å². The van der Waals surface area contributed by atoms with E-state index in [1.54, 1.807) is 0 Å². The monoisotopic (exact) mass is 536 g/mol. The standard InChI is InChI=1S/C21H15ClF6N4O4/c22-12-4-10(23)5-14(25)18(12)29-19(33)11-6-13(24)15(7-16(11)36-9-21(26,27)28)32-20(34)31-2-1-3-35-8-17(31)30-32/h4-7H,1-3,8-9H2,(H,29,33). The third-order valence-corrected chi connectivity index (χ3v) is 5.30. The molecular weight excluding hydrogens is 522 g/mol. The summed E-state index contributed by atoms with van der Waals surface area (Å²) < 4.78 is 92.8. The second-order valence-electron chi connectivity index (χ2n) is 7.57. The highest BCUT2D eigenvalue weighted by Crippen LogP contribution is 2.31. The quantitative estimate of drug-likeness (QED) is 0.494. The number of rotatable bonds is 5. The Labute approximate surface area is 203 Å². The second-order valence-corrected chi connectivity index (χ2v) is 7.98.